The van der Waals surface area contributed by atoms with E-state index < -0.39 is 55.4 Å². The highest BCUT2D eigenvalue weighted by atomic mass is 35.5. The molecule has 230 valence electrons. The van der Waals surface area contributed by atoms with Gasteiger partial charge in [0.25, 0.3) is 11.8 Å². The molecule has 1 atom stereocenters. The highest BCUT2D eigenvalue weighted by Gasteiger charge is 2.39. The molecule has 2 fully saturated rings. The van der Waals surface area contributed by atoms with Gasteiger partial charge in [-0.25, -0.2) is 0 Å². The average Bonchev–Trinajstić information content (AvgIpc) is 3.32. The second-order valence-electron chi connectivity index (χ2n) is 9.82. The van der Waals surface area contributed by atoms with Crippen LogP contribution in [0.4, 0.5) is 33.3 Å². The Balaban J connectivity index is 1.58. The van der Waals surface area contributed by atoms with Crippen LogP contribution in [-0.4, -0.2) is 80.8 Å². The predicted octanol–water partition coefficient (Wildman–Crippen LogP) is 4.77. The van der Waals surface area contributed by atoms with E-state index in [4.69, 9.17) is 16.3 Å². The number of halogens is 6. The lowest BCUT2D eigenvalue weighted by atomic mass is 9.84. The van der Waals surface area contributed by atoms with Gasteiger partial charge in [0.2, 0.25) is 5.91 Å². The third kappa shape index (κ3) is 8.75. The van der Waals surface area contributed by atoms with E-state index in [1.165, 1.54) is 29.2 Å². The van der Waals surface area contributed by atoms with E-state index in [2.05, 4.69) is 15.4 Å². The number of nitrogens with zero attached hydrogens (tertiary/aromatic N) is 2. The molecular weight excluding hydrogens is 611 g/mol. The minimum Gasteiger partial charge on any atom is -0.433 e. The monoisotopic (exact) mass is 638 g/mol. The second kappa shape index (κ2) is 14.0. The third-order valence-corrected chi connectivity index (χ3v) is 8.05. The quantitative estimate of drug-likeness (QED) is 0.325. The fraction of sp³-hybridized carbons (Fsp3) is 0.500. The lowest BCUT2D eigenvalue weighted by Crippen LogP contribution is -2.55. The number of rotatable bonds is 12. The molecule has 2 aliphatic rings. The van der Waals surface area contributed by atoms with Crippen molar-refractivity contribution in [1.82, 2.24) is 10.2 Å². The second-order valence-corrected chi connectivity index (χ2v) is 11.5. The van der Waals surface area contributed by atoms with Gasteiger partial charge in [-0.05, 0) is 43.0 Å². The Labute approximate surface area is 246 Å². The molecule has 1 aliphatic carbocycles. The molecule has 0 unspecified atom stereocenters. The maximum absolute atomic E-state index is 13.6. The highest BCUT2D eigenvalue weighted by molar-refractivity contribution is 7.18. The standard InChI is InChI=1S/C26H28ClF5N4O5S/c27-21-7-6-20(42-21)24(39)33-11-18(35(14-26(30,31)32)12-15-2-1-3-15)23(38)34-16-4-5-17(19(10-16)41-25(28)29)36-8-9-40-13-22(36)37/h4-7,10,15,18,25H,1-3,8-9,11-14H2,(H,33,39)(H,34,38)/t18-/m0/s1. The molecule has 0 bridgehead atoms. The summed E-state index contributed by atoms with van der Waals surface area (Å²) in [4.78, 5) is 40.8. The molecule has 1 aromatic carbocycles. The number of morpholine rings is 1. The zero-order valence-electron chi connectivity index (χ0n) is 22.1. The lowest BCUT2D eigenvalue weighted by molar-refractivity contribution is -0.155. The first-order valence-corrected chi connectivity index (χ1v) is 14.2. The lowest BCUT2D eigenvalue weighted by Gasteiger charge is -2.37. The molecule has 2 N–H and O–H groups in total. The number of ether oxygens (including phenoxy) is 2. The zero-order valence-corrected chi connectivity index (χ0v) is 23.7. The molecule has 4 rings (SSSR count). The fourth-order valence-corrected chi connectivity index (χ4v) is 5.60. The van der Waals surface area contributed by atoms with Crippen molar-refractivity contribution in [2.75, 3.05) is 49.6 Å². The minimum absolute atomic E-state index is 0.0173. The Morgan fingerprint density at radius 3 is 2.57 bits per heavy atom. The summed E-state index contributed by atoms with van der Waals surface area (Å²) in [6.45, 7) is -5.17. The normalized spacial score (nSPS) is 16.9. The largest absolute Gasteiger partial charge is 0.433 e. The molecule has 0 spiro atoms. The Hall–Kier alpha value is -3.01. The molecule has 2 heterocycles. The molecule has 1 aromatic heterocycles. The number of alkyl halides is 5. The number of benzene rings is 1. The summed E-state index contributed by atoms with van der Waals surface area (Å²) in [5, 5.41) is 4.98. The van der Waals surface area contributed by atoms with Gasteiger partial charge < -0.3 is 25.0 Å². The SMILES string of the molecule is O=C(NC[C@@H](C(=O)Nc1ccc(N2CCOCC2=O)c(OC(F)F)c1)N(CC1CCC1)CC(F)(F)F)c1ccc(Cl)s1. The predicted molar refractivity (Wildman–Crippen MR) is 145 cm³/mol. The number of nitrogens with one attached hydrogen (secondary N) is 2. The Morgan fingerprint density at radius 1 is 1.21 bits per heavy atom. The molecule has 0 radical (unpaired) electrons. The summed E-state index contributed by atoms with van der Waals surface area (Å²) in [6.07, 6.45) is -2.36. The van der Waals surface area contributed by atoms with Crippen molar-refractivity contribution in [1.29, 1.82) is 0 Å². The molecule has 42 heavy (non-hydrogen) atoms. The van der Waals surface area contributed by atoms with Crippen LogP contribution in [0.1, 0.15) is 28.9 Å². The molecule has 1 saturated carbocycles. The van der Waals surface area contributed by atoms with Gasteiger partial charge in [0, 0.05) is 31.4 Å². The number of hydrogen-bond acceptors (Lipinski definition) is 7. The van der Waals surface area contributed by atoms with Gasteiger partial charge >= 0.3 is 12.8 Å². The molecule has 2 aromatic rings. The minimum atomic E-state index is -4.64. The van der Waals surface area contributed by atoms with Crippen LogP contribution in [0.25, 0.3) is 0 Å². The average molecular weight is 639 g/mol. The molecule has 9 nitrogen and oxygen atoms in total. The van der Waals surface area contributed by atoms with Crippen molar-refractivity contribution in [3.63, 3.8) is 0 Å². The molecule has 1 aliphatic heterocycles. The molecule has 3 amide bonds. The van der Waals surface area contributed by atoms with Crippen molar-refractivity contribution in [2.45, 2.75) is 38.1 Å². The summed E-state index contributed by atoms with van der Waals surface area (Å²) in [7, 11) is 0. The van der Waals surface area contributed by atoms with Gasteiger partial charge in [-0.15, -0.1) is 11.3 Å². The number of amides is 3. The number of carbonyl (C=O) groups excluding carboxylic acids is 3. The van der Waals surface area contributed by atoms with Gasteiger partial charge in [-0.3, -0.25) is 19.3 Å². The van der Waals surface area contributed by atoms with Gasteiger partial charge in [0.1, 0.15) is 12.6 Å². The van der Waals surface area contributed by atoms with Crippen molar-refractivity contribution in [2.24, 2.45) is 5.92 Å². The van der Waals surface area contributed by atoms with Crippen LogP contribution in [0.2, 0.25) is 4.34 Å². The van der Waals surface area contributed by atoms with Crippen molar-refractivity contribution >= 4 is 52.0 Å². The van der Waals surface area contributed by atoms with E-state index >= 15 is 0 Å². The Bertz CT molecular complexity index is 1280. The molecule has 1 saturated heterocycles. The van der Waals surface area contributed by atoms with Crippen LogP contribution < -0.4 is 20.3 Å². The summed E-state index contributed by atoms with van der Waals surface area (Å²) in [6, 6.07) is 5.14. The zero-order chi connectivity index (χ0) is 30.4. The van der Waals surface area contributed by atoms with Crippen LogP contribution >= 0.6 is 22.9 Å². The Kier molecular flexibility index (Phi) is 10.6. The van der Waals surface area contributed by atoms with E-state index in [9.17, 15) is 36.3 Å². The number of hydrogen-bond donors (Lipinski definition) is 2. The van der Waals surface area contributed by atoms with Crippen LogP contribution in [-0.2, 0) is 14.3 Å². The van der Waals surface area contributed by atoms with Gasteiger partial charge in [0.15, 0.2) is 5.75 Å². The van der Waals surface area contributed by atoms with Crippen molar-refractivity contribution in [3.8, 4) is 5.75 Å². The first-order valence-electron chi connectivity index (χ1n) is 13.0. The first kappa shape index (κ1) is 31.9. The van der Waals surface area contributed by atoms with Crippen LogP contribution in [0, 0.1) is 5.92 Å². The number of thiophene rings is 1. The first-order chi connectivity index (χ1) is 19.9. The Morgan fingerprint density at radius 2 is 1.98 bits per heavy atom. The van der Waals surface area contributed by atoms with E-state index in [0.29, 0.717) is 17.2 Å². The van der Waals surface area contributed by atoms with Crippen LogP contribution in [0.5, 0.6) is 5.75 Å². The smallest absolute Gasteiger partial charge is 0.401 e. The highest BCUT2D eigenvalue weighted by Crippen LogP contribution is 2.34. The van der Waals surface area contributed by atoms with E-state index in [-0.39, 0.29) is 48.5 Å². The van der Waals surface area contributed by atoms with Crippen LogP contribution in [0.3, 0.4) is 0 Å². The van der Waals surface area contributed by atoms with E-state index in [1.54, 1.807) is 0 Å². The van der Waals surface area contributed by atoms with Crippen molar-refractivity contribution in [3.05, 3.63) is 39.5 Å². The van der Waals surface area contributed by atoms with Gasteiger partial charge in [0.05, 0.1) is 28.1 Å². The fourth-order valence-electron chi connectivity index (χ4n) is 4.64. The molecular formula is C26H28ClF5N4O5S. The maximum atomic E-state index is 13.6. The van der Waals surface area contributed by atoms with Crippen molar-refractivity contribution < 1.29 is 45.8 Å². The third-order valence-electron chi connectivity index (χ3n) is 6.82. The van der Waals surface area contributed by atoms with E-state index in [0.717, 1.165) is 28.7 Å². The number of anilines is 2. The number of carbonyl (C=O) groups is 3. The van der Waals surface area contributed by atoms with Gasteiger partial charge in [-0.2, -0.15) is 22.0 Å². The molecule has 16 heteroatoms. The van der Waals surface area contributed by atoms with E-state index in [1.807, 2.05) is 0 Å². The summed E-state index contributed by atoms with van der Waals surface area (Å²) < 4.78 is 77.3. The van der Waals surface area contributed by atoms with Gasteiger partial charge in [-0.1, -0.05) is 18.0 Å². The summed E-state index contributed by atoms with van der Waals surface area (Å²) in [5.41, 5.74) is -0.0409. The summed E-state index contributed by atoms with van der Waals surface area (Å²) in [5.74, 6) is -2.47. The topological polar surface area (TPSA) is 100 Å². The summed E-state index contributed by atoms with van der Waals surface area (Å²) >= 11 is 6.85. The van der Waals surface area contributed by atoms with Crippen LogP contribution in [0.15, 0.2) is 30.3 Å². The maximum Gasteiger partial charge on any atom is 0.401 e.